The van der Waals surface area contributed by atoms with Gasteiger partial charge in [-0.05, 0) is 37.5 Å². The van der Waals surface area contributed by atoms with Gasteiger partial charge < -0.3 is 9.69 Å². The molecule has 2 unspecified atom stereocenters. The molecular weight excluding hydrogens is 350 g/mol. The van der Waals surface area contributed by atoms with Gasteiger partial charge in [0.05, 0.1) is 11.1 Å². The molecule has 0 bridgehead atoms. The van der Waals surface area contributed by atoms with E-state index in [9.17, 15) is 24.0 Å². The highest BCUT2D eigenvalue weighted by atomic mass is 16.2. The quantitative estimate of drug-likeness (QED) is 0.615. The van der Waals surface area contributed by atoms with Gasteiger partial charge in [0, 0.05) is 31.1 Å². The maximum Gasteiger partial charge on any atom is 0.262 e. The van der Waals surface area contributed by atoms with Gasteiger partial charge in [-0.1, -0.05) is 0 Å². The summed E-state index contributed by atoms with van der Waals surface area (Å²) in [5.41, 5.74) is 1.30. The lowest BCUT2D eigenvalue weighted by atomic mass is 9.98. The largest absolute Gasteiger partial charge is 0.371 e. The van der Waals surface area contributed by atoms with Gasteiger partial charge >= 0.3 is 0 Å². The Hall–Kier alpha value is -3.03. The van der Waals surface area contributed by atoms with Crippen molar-refractivity contribution in [2.75, 3.05) is 18.0 Å². The Bertz CT molecular complexity index is 865. The molecule has 0 saturated carbocycles. The number of hydrogen-bond acceptors (Lipinski definition) is 6. The maximum absolute atomic E-state index is 12.9. The Kier molecular flexibility index (Phi) is 4.25. The molecule has 2 fully saturated rings. The average Bonchev–Trinajstić information content (AvgIpc) is 2.92. The summed E-state index contributed by atoms with van der Waals surface area (Å²) >= 11 is 0. The summed E-state index contributed by atoms with van der Waals surface area (Å²) < 4.78 is 0. The monoisotopic (exact) mass is 369 g/mol. The van der Waals surface area contributed by atoms with Crippen LogP contribution in [0.15, 0.2) is 18.2 Å². The van der Waals surface area contributed by atoms with Gasteiger partial charge in [-0.3, -0.25) is 29.4 Å². The standard InChI is InChI=1S/C19H19N3O5/c23-10-11-2-1-7-21(9-11)12-3-4-13-14(8-12)19(27)22(18(13)26)15-5-6-16(24)20-17(15)25/h3-4,8,10-11,15H,1-2,5-7,9H2,(H,20,24,25). The number of nitrogens with one attached hydrogen (secondary N) is 1. The molecule has 27 heavy (non-hydrogen) atoms. The lowest BCUT2D eigenvalue weighted by Crippen LogP contribution is -2.54. The van der Waals surface area contributed by atoms with E-state index in [2.05, 4.69) is 5.32 Å². The number of nitrogens with zero attached hydrogens (tertiary/aromatic N) is 2. The van der Waals surface area contributed by atoms with Crippen LogP contribution >= 0.6 is 0 Å². The van der Waals surface area contributed by atoms with Crippen LogP contribution in [0.4, 0.5) is 5.69 Å². The minimum absolute atomic E-state index is 0.0377. The van der Waals surface area contributed by atoms with Gasteiger partial charge in [0.2, 0.25) is 11.8 Å². The molecule has 8 heteroatoms. The van der Waals surface area contributed by atoms with Crippen LogP contribution in [0.2, 0.25) is 0 Å². The molecule has 0 radical (unpaired) electrons. The SMILES string of the molecule is O=CC1CCCN(c2ccc3c(c2)C(=O)N(C2CCC(=O)NC2=O)C3=O)C1. The number of anilines is 1. The van der Waals surface area contributed by atoms with E-state index < -0.39 is 29.7 Å². The summed E-state index contributed by atoms with van der Waals surface area (Å²) in [6.07, 6.45) is 2.92. The number of amides is 4. The van der Waals surface area contributed by atoms with E-state index in [1.165, 1.54) is 0 Å². The zero-order chi connectivity index (χ0) is 19.1. The second-order valence-corrected chi connectivity index (χ2v) is 7.16. The van der Waals surface area contributed by atoms with Gasteiger partial charge in [0.15, 0.2) is 0 Å². The van der Waals surface area contributed by atoms with Crippen LogP contribution in [0.5, 0.6) is 0 Å². The van der Waals surface area contributed by atoms with Gasteiger partial charge in [0.1, 0.15) is 12.3 Å². The summed E-state index contributed by atoms with van der Waals surface area (Å²) in [4.78, 5) is 63.1. The van der Waals surface area contributed by atoms with Crippen LogP contribution in [0.25, 0.3) is 0 Å². The van der Waals surface area contributed by atoms with Crippen LogP contribution < -0.4 is 10.2 Å². The van der Waals surface area contributed by atoms with Crippen molar-refractivity contribution in [2.45, 2.75) is 31.7 Å². The molecule has 140 valence electrons. The molecular formula is C19H19N3O5. The molecule has 3 aliphatic heterocycles. The van der Waals surface area contributed by atoms with Crippen LogP contribution in [-0.4, -0.2) is 53.9 Å². The van der Waals surface area contributed by atoms with Crippen LogP contribution in [0, 0.1) is 5.92 Å². The molecule has 0 aromatic heterocycles. The predicted octanol–water partition coefficient (Wildman–Crippen LogP) is 0.503. The molecule has 4 amide bonds. The van der Waals surface area contributed by atoms with Crippen molar-refractivity contribution in [2.24, 2.45) is 5.92 Å². The van der Waals surface area contributed by atoms with Crippen molar-refractivity contribution >= 4 is 35.6 Å². The molecule has 1 aromatic carbocycles. The number of hydrogen-bond donors (Lipinski definition) is 1. The fourth-order valence-electron chi connectivity index (χ4n) is 4.01. The van der Waals surface area contributed by atoms with E-state index >= 15 is 0 Å². The third-order valence-electron chi connectivity index (χ3n) is 5.44. The van der Waals surface area contributed by atoms with E-state index in [4.69, 9.17) is 0 Å². The number of benzene rings is 1. The summed E-state index contributed by atoms with van der Waals surface area (Å²) in [6.45, 7) is 1.36. The number of piperidine rings is 2. The number of imide groups is 2. The smallest absolute Gasteiger partial charge is 0.262 e. The van der Waals surface area contributed by atoms with Crippen molar-refractivity contribution in [3.8, 4) is 0 Å². The number of carbonyl (C=O) groups excluding carboxylic acids is 5. The summed E-state index contributed by atoms with van der Waals surface area (Å²) in [7, 11) is 0. The van der Waals surface area contributed by atoms with Crippen molar-refractivity contribution in [1.29, 1.82) is 0 Å². The Morgan fingerprint density at radius 3 is 2.56 bits per heavy atom. The highest BCUT2D eigenvalue weighted by Gasteiger charge is 2.44. The van der Waals surface area contributed by atoms with E-state index in [1.807, 2.05) is 4.90 Å². The van der Waals surface area contributed by atoms with E-state index in [-0.39, 0.29) is 29.9 Å². The summed E-state index contributed by atoms with van der Waals surface area (Å²) in [5.74, 6) is -2.09. The normalized spacial score (nSPS) is 25.5. The molecule has 4 rings (SSSR count). The predicted molar refractivity (Wildman–Crippen MR) is 94.1 cm³/mol. The Morgan fingerprint density at radius 1 is 1.04 bits per heavy atom. The molecule has 3 aliphatic rings. The minimum Gasteiger partial charge on any atom is -0.371 e. The van der Waals surface area contributed by atoms with Crippen LogP contribution in [0.1, 0.15) is 46.4 Å². The Labute approximate surface area is 155 Å². The summed E-state index contributed by atoms with van der Waals surface area (Å²) in [6, 6.07) is 4.06. The van der Waals surface area contributed by atoms with Gasteiger partial charge in [-0.15, -0.1) is 0 Å². The highest BCUT2D eigenvalue weighted by molar-refractivity contribution is 6.23. The molecule has 0 spiro atoms. The lowest BCUT2D eigenvalue weighted by Gasteiger charge is -2.32. The Morgan fingerprint density at radius 2 is 1.81 bits per heavy atom. The average molecular weight is 369 g/mol. The first-order chi connectivity index (χ1) is 13.0. The van der Waals surface area contributed by atoms with E-state index in [1.54, 1.807) is 18.2 Å². The molecule has 0 aliphatic carbocycles. The van der Waals surface area contributed by atoms with Gasteiger partial charge in [-0.25, -0.2) is 0 Å². The van der Waals surface area contributed by atoms with Crippen molar-refractivity contribution < 1.29 is 24.0 Å². The first-order valence-electron chi connectivity index (χ1n) is 9.05. The third-order valence-corrected chi connectivity index (χ3v) is 5.44. The van der Waals surface area contributed by atoms with E-state index in [0.717, 1.165) is 36.3 Å². The number of rotatable bonds is 3. The zero-order valence-electron chi connectivity index (χ0n) is 14.6. The summed E-state index contributed by atoms with van der Waals surface area (Å²) in [5, 5.41) is 2.18. The third kappa shape index (κ3) is 2.90. The maximum atomic E-state index is 12.9. The van der Waals surface area contributed by atoms with Crippen molar-refractivity contribution in [1.82, 2.24) is 10.2 Å². The molecule has 2 atom stereocenters. The molecule has 2 saturated heterocycles. The second-order valence-electron chi connectivity index (χ2n) is 7.16. The molecule has 3 heterocycles. The lowest BCUT2D eigenvalue weighted by molar-refractivity contribution is -0.136. The van der Waals surface area contributed by atoms with Crippen molar-refractivity contribution in [3.05, 3.63) is 29.3 Å². The topological polar surface area (TPSA) is 104 Å². The van der Waals surface area contributed by atoms with Gasteiger partial charge in [0.25, 0.3) is 11.8 Å². The number of aldehydes is 1. The second kappa shape index (κ2) is 6.61. The van der Waals surface area contributed by atoms with E-state index in [0.29, 0.717) is 6.54 Å². The highest BCUT2D eigenvalue weighted by Crippen LogP contribution is 2.31. The fraction of sp³-hybridized carbons (Fsp3) is 0.421. The number of fused-ring (bicyclic) bond motifs is 1. The van der Waals surface area contributed by atoms with Crippen molar-refractivity contribution in [3.63, 3.8) is 0 Å². The Balaban J connectivity index is 1.61. The first kappa shape index (κ1) is 17.4. The minimum atomic E-state index is -0.965. The van der Waals surface area contributed by atoms with Crippen LogP contribution in [0.3, 0.4) is 0 Å². The molecule has 8 nitrogen and oxygen atoms in total. The molecule has 1 aromatic rings. The number of carbonyl (C=O) groups is 5. The molecule has 1 N–H and O–H groups in total. The van der Waals surface area contributed by atoms with Crippen LogP contribution in [-0.2, 0) is 14.4 Å². The fourth-order valence-corrected chi connectivity index (χ4v) is 4.01. The zero-order valence-corrected chi connectivity index (χ0v) is 14.6. The van der Waals surface area contributed by atoms with Gasteiger partial charge in [-0.2, -0.15) is 0 Å². The first-order valence-corrected chi connectivity index (χ1v) is 9.05.